The number of fused-ring (bicyclic) bond motifs is 2. The molecule has 0 unspecified atom stereocenters. The Bertz CT molecular complexity index is 1560. The van der Waals surface area contributed by atoms with Crippen molar-refractivity contribution in [3.63, 3.8) is 0 Å². The Kier molecular flexibility index (Phi) is 4.80. The second kappa shape index (κ2) is 7.32. The Hall–Kier alpha value is -2.90. The van der Waals surface area contributed by atoms with Crippen molar-refractivity contribution in [2.24, 2.45) is 0 Å². The monoisotopic (exact) mass is 504 g/mol. The molecule has 0 atom stereocenters. The largest absolute Gasteiger partial charge is 0.268 e. The Morgan fingerprint density at radius 3 is 0.969 bits per heavy atom. The molecule has 0 radical (unpaired) electrons. The Balaban J connectivity index is 1.91. The maximum absolute atomic E-state index is 13.1. The van der Waals surface area contributed by atoms with Crippen LogP contribution in [0.4, 0.5) is 0 Å². The molecule has 0 saturated carbocycles. The molecule has 158 valence electrons. The number of para-hydroxylation sites is 2. The van der Waals surface area contributed by atoms with Gasteiger partial charge in [0, 0.05) is 0 Å². The molecule has 5 rings (SSSR count). The molecular formula is C22H8Cl4N2O4. The standard InChI is InChI=1S/C22H8Cl4N2O4/c23-13-3-1-4-14(24)17(13)27-19(29)9-7-11-12(8-10(9)20(27)30)22(32)28(21(11)31)18-15(25)5-2-6-16(18)26/h1-8H. The lowest BCUT2D eigenvalue weighted by Crippen LogP contribution is -2.24. The number of rotatable bonds is 2. The van der Waals surface area contributed by atoms with Crippen LogP contribution in [0, 0.1) is 0 Å². The van der Waals surface area contributed by atoms with Gasteiger partial charge in [-0.3, -0.25) is 19.2 Å². The minimum Gasteiger partial charge on any atom is -0.268 e. The number of halogens is 4. The van der Waals surface area contributed by atoms with Crippen molar-refractivity contribution >= 4 is 67.9 Å². The first-order chi connectivity index (χ1) is 15.2. The molecule has 2 heterocycles. The van der Waals surface area contributed by atoms with Crippen LogP contribution in [-0.4, -0.2) is 9.13 Å². The van der Waals surface area contributed by atoms with E-state index in [1.165, 1.54) is 36.4 Å². The quantitative estimate of drug-likeness (QED) is 0.353. The van der Waals surface area contributed by atoms with Crippen molar-refractivity contribution in [1.82, 2.24) is 9.13 Å². The van der Waals surface area contributed by atoms with Crippen LogP contribution in [0.25, 0.3) is 32.9 Å². The molecule has 0 bridgehead atoms. The Morgan fingerprint density at radius 1 is 0.469 bits per heavy atom. The molecule has 2 aromatic heterocycles. The summed E-state index contributed by atoms with van der Waals surface area (Å²) < 4.78 is 1.67. The highest BCUT2D eigenvalue weighted by Gasteiger charge is 2.24. The Morgan fingerprint density at radius 2 is 0.719 bits per heavy atom. The fraction of sp³-hybridized carbons (Fsp3) is 0. The van der Waals surface area contributed by atoms with Gasteiger partial charge in [-0.1, -0.05) is 58.5 Å². The van der Waals surface area contributed by atoms with Crippen molar-refractivity contribution in [3.05, 3.63) is 110 Å². The van der Waals surface area contributed by atoms with Gasteiger partial charge in [-0.15, -0.1) is 0 Å². The van der Waals surface area contributed by atoms with E-state index in [1.54, 1.807) is 12.1 Å². The maximum atomic E-state index is 13.1. The summed E-state index contributed by atoms with van der Waals surface area (Å²) in [4.78, 5) is 52.4. The van der Waals surface area contributed by atoms with Crippen LogP contribution in [-0.2, 0) is 0 Å². The number of hydrogen-bond donors (Lipinski definition) is 0. The van der Waals surface area contributed by atoms with Crippen molar-refractivity contribution in [2.45, 2.75) is 0 Å². The van der Waals surface area contributed by atoms with Crippen molar-refractivity contribution in [1.29, 1.82) is 0 Å². The van der Waals surface area contributed by atoms with Gasteiger partial charge in [-0.25, -0.2) is 9.13 Å². The van der Waals surface area contributed by atoms with E-state index < -0.39 is 22.2 Å². The van der Waals surface area contributed by atoms with Gasteiger partial charge in [0.15, 0.2) is 0 Å². The maximum Gasteiger partial charge on any atom is 0.266 e. The second-order valence-electron chi connectivity index (χ2n) is 6.98. The van der Waals surface area contributed by atoms with E-state index in [1.807, 2.05) is 0 Å². The van der Waals surface area contributed by atoms with E-state index in [-0.39, 0.29) is 53.0 Å². The van der Waals surface area contributed by atoms with E-state index >= 15 is 0 Å². The predicted octanol–water partition coefficient (Wildman–Crippen LogP) is 4.50. The smallest absolute Gasteiger partial charge is 0.266 e. The summed E-state index contributed by atoms with van der Waals surface area (Å²) in [5.74, 6) is 0. The molecule has 0 N–H and O–H groups in total. The lowest BCUT2D eigenvalue weighted by Gasteiger charge is -2.05. The summed E-state index contributed by atoms with van der Waals surface area (Å²) in [6.45, 7) is 0. The van der Waals surface area contributed by atoms with E-state index in [0.29, 0.717) is 0 Å². The fourth-order valence-corrected chi connectivity index (χ4v) is 4.92. The molecule has 5 aromatic rings. The van der Waals surface area contributed by atoms with Gasteiger partial charge in [-0.2, -0.15) is 0 Å². The molecular weight excluding hydrogens is 498 g/mol. The highest BCUT2D eigenvalue weighted by Crippen LogP contribution is 2.29. The first-order valence-electron chi connectivity index (χ1n) is 9.06. The molecule has 0 amide bonds. The topological polar surface area (TPSA) is 78.1 Å². The lowest BCUT2D eigenvalue weighted by molar-refractivity contribution is 0.988. The van der Waals surface area contributed by atoms with Gasteiger partial charge in [0.1, 0.15) is 0 Å². The number of hydrogen-bond acceptors (Lipinski definition) is 4. The highest BCUT2D eigenvalue weighted by atomic mass is 35.5. The SMILES string of the molecule is O=c1c2cc3c(=O)n(-c4c(Cl)cccc4Cl)c(=O)c3cc2c(=O)n1-c1c(Cl)cccc1Cl. The van der Waals surface area contributed by atoms with E-state index in [4.69, 9.17) is 46.4 Å². The summed E-state index contributed by atoms with van der Waals surface area (Å²) in [6, 6.07) is 11.6. The zero-order valence-corrected chi connectivity index (χ0v) is 18.7. The third kappa shape index (κ3) is 2.81. The molecule has 0 saturated heterocycles. The molecule has 0 aliphatic rings. The first kappa shape index (κ1) is 21.0. The normalized spacial score (nSPS) is 11.6. The summed E-state index contributed by atoms with van der Waals surface area (Å²) >= 11 is 24.7. The number of aromatic nitrogens is 2. The van der Waals surface area contributed by atoms with Crippen LogP contribution in [0.5, 0.6) is 0 Å². The molecule has 0 fully saturated rings. The fourth-order valence-electron chi connectivity index (χ4n) is 3.79. The van der Waals surface area contributed by atoms with Crippen LogP contribution in [0.2, 0.25) is 20.1 Å². The average Bonchev–Trinajstić information content (AvgIpc) is 3.13. The molecule has 32 heavy (non-hydrogen) atoms. The van der Waals surface area contributed by atoms with Crippen LogP contribution in [0.1, 0.15) is 0 Å². The van der Waals surface area contributed by atoms with E-state index in [0.717, 1.165) is 9.13 Å². The molecule has 3 aromatic carbocycles. The third-order valence-electron chi connectivity index (χ3n) is 5.21. The minimum atomic E-state index is -0.711. The molecule has 0 spiro atoms. The zero-order valence-electron chi connectivity index (χ0n) is 15.7. The second-order valence-corrected chi connectivity index (χ2v) is 8.60. The summed E-state index contributed by atoms with van der Waals surface area (Å²) in [7, 11) is 0. The van der Waals surface area contributed by atoms with Crippen molar-refractivity contribution in [3.8, 4) is 11.4 Å². The van der Waals surface area contributed by atoms with Crippen LogP contribution in [0.3, 0.4) is 0 Å². The van der Waals surface area contributed by atoms with Crippen LogP contribution >= 0.6 is 46.4 Å². The van der Waals surface area contributed by atoms with Crippen molar-refractivity contribution in [2.75, 3.05) is 0 Å². The van der Waals surface area contributed by atoms with Gasteiger partial charge >= 0.3 is 0 Å². The Labute approximate surface area is 198 Å². The molecule has 10 heteroatoms. The molecule has 0 aliphatic carbocycles. The van der Waals surface area contributed by atoms with Gasteiger partial charge in [0.2, 0.25) is 0 Å². The predicted molar refractivity (Wildman–Crippen MR) is 128 cm³/mol. The van der Waals surface area contributed by atoms with E-state index in [9.17, 15) is 19.2 Å². The average molecular weight is 506 g/mol. The third-order valence-corrected chi connectivity index (χ3v) is 6.43. The van der Waals surface area contributed by atoms with Crippen LogP contribution < -0.4 is 22.2 Å². The van der Waals surface area contributed by atoms with Gasteiger partial charge in [-0.05, 0) is 36.4 Å². The minimum absolute atomic E-state index is 0.0318. The first-order valence-corrected chi connectivity index (χ1v) is 10.6. The summed E-state index contributed by atoms with van der Waals surface area (Å²) in [5, 5.41) is 0.238. The van der Waals surface area contributed by atoms with Gasteiger partial charge < -0.3 is 0 Å². The van der Waals surface area contributed by atoms with Gasteiger partial charge in [0.05, 0.1) is 53.0 Å². The van der Waals surface area contributed by atoms with Gasteiger partial charge in [0.25, 0.3) is 22.2 Å². The summed E-state index contributed by atoms with van der Waals surface area (Å²) in [6.07, 6.45) is 0. The number of benzene rings is 3. The number of nitrogens with zero attached hydrogens (tertiary/aromatic N) is 2. The summed E-state index contributed by atoms with van der Waals surface area (Å²) in [5.41, 5.74) is -2.78. The lowest BCUT2D eigenvalue weighted by atomic mass is 10.1. The highest BCUT2D eigenvalue weighted by molar-refractivity contribution is 6.38. The zero-order chi connectivity index (χ0) is 22.9. The molecule has 6 nitrogen and oxygen atoms in total. The molecule has 0 aliphatic heterocycles. The van der Waals surface area contributed by atoms with Crippen LogP contribution in [0.15, 0.2) is 67.7 Å². The van der Waals surface area contributed by atoms with E-state index in [2.05, 4.69) is 0 Å². The van der Waals surface area contributed by atoms with Crippen molar-refractivity contribution < 1.29 is 0 Å².